The quantitative estimate of drug-likeness (QED) is 0.611. The molecular formula is C11H20ClNO4. The number of carbonyl (C=O) groups excluding carboxylic acids is 2. The van der Waals surface area contributed by atoms with Crippen molar-refractivity contribution in [3.63, 3.8) is 0 Å². The molecule has 5 nitrogen and oxygen atoms in total. The van der Waals surface area contributed by atoms with E-state index < -0.39 is 23.7 Å². The van der Waals surface area contributed by atoms with E-state index in [1.165, 1.54) is 0 Å². The number of alkyl carbamates (subject to hydrolysis) is 1. The number of amides is 1. The smallest absolute Gasteiger partial charge is 0.408 e. The van der Waals surface area contributed by atoms with Crippen molar-refractivity contribution in [2.75, 3.05) is 12.5 Å². The highest BCUT2D eigenvalue weighted by Gasteiger charge is 2.24. The Labute approximate surface area is 107 Å². The fraction of sp³-hybridized carbons (Fsp3) is 0.818. The molecule has 1 amide bonds. The van der Waals surface area contributed by atoms with Crippen LogP contribution in [0, 0.1) is 0 Å². The largest absolute Gasteiger partial charge is 0.464 e. The Kier molecular flexibility index (Phi) is 6.95. The van der Waals surface area contributed by atoms with Gasteiger partial charge in [-0.25, -0.2) is 9.59 Å². The third-order valence-electron chi connectivity index (χ3n) is 1.66. The first-order valence-corrected chi connectivity index (χ1v) is 6.05. The van der Waals surface area contributed by atoms with Crippen molar-refractivity contribution >= 4 is 23.7 Å². The first-order valence-electron chi connectivity index (χ1n) is 5.52. The van der Waals surface area contributed by atoms with Gasteiger partial charge in [0, 0.05) is 5.88 Å². The molecular weight excluding hydrogens is 246 g/mol. The summed E-state index contributed by atoms with van der Waals surface area (Å²) < 4.78 is 9.86. The number of ether oxygens (including phenoxy) is 2. The van der Waals surface area contributed by atoms with Gasteiger partial charge in [0.2, 0.25) is 0 Å². The number of esters is 1. The SMILES string of the molecule is CCOC(=O)[C@H](CCCl)NC(=O)OC(C)(C)C. The summed E-state index contributed by atoms with van der Waals surface area (Å²) in [7, 11) is 0. The maximum absolute atomic E-state index is 11.5. The minimum Gasteiger partial charge on any atom is -0.464 e. The number of rotatable bonds is 5. The van der Waals surface area contributed by atoms with Crippen molar-refractivity contribution in [2.45, 2.75) is 45.8 Å². The number of halogens is 1. The van der Waals surface area contributed by atoms with Gasteiger partial charge >= 0.3 is 12.1 Å². The Bertz CT molecular complexity index is 263. The van der Waals surface area contributed by atoms with Crippen molar-refractivity contribution in [2.24, 2.45) is 0 Å². The summed E-state index contributed by atoms with van der Waals surface area (Å²) in [5.74, 6) is -0.252. The highest BCUT2D eigenvalue weighted by Crippen LogP contribution is 2.07. The lowest BCUT2D eigenvalue weighted by Gasteiger charge is -2.22. The van der Waals surface area contributed by atoms with Crippen molar-refractivity contribution in [3.8, 4) is 0 Å². The first-order chi connectivity index (χ1) is 7.80. The van der Waals surface area contributed by atoms with Gasteiger partial charge in [0.05, 0.1) is 6.61 Å². The van der Waals surface area contributed by atoms with E-state index >= 15 is 0 Å². The number of hydrogen-bond acceptors (Lipinski definition) is 4. The van der Waals surface area contributed by atoms with Gasteiger partial charge in [-0.3, -0.25) is 0 Å². The van der Waals surface area contributed by atoms with E-state index in [9.17, 15) is 9.59 Å². The highest BCUT2D eigenvalue weighted by atomic mass is 35.5. The third-order valence-corrected chi connectivity index (χ3v) is 1.88. The van der Waals surface area contributed by atoms with Crippen LogP contribution in [0.1, 0.15) is 34.1 Å². The van der Waals surface area contributed by atoms with Crippen LogP contribution >= 0.6 is 11.6 Å². The van der Waals surface area contributed by atoms with Crippen LogP contribution in [0.25, 0.3) is 0 Å². The number of carbonyl (C=O) groups is 2. The molecule has 6 heteroatoms. The van der Waals surface area contributed by atoms with Gasteiger partial charge in [-0.2, -0.15) is 0 Å². The summed E-state index contributed by atoms with van der Waals surface area (Å²) in [4.78, 5) is 23.0. The Hall–Kier alpha value is -0.970. The fourth-order valence-corrected chi connectivity index (χ4v) is 1.27. The van der Waals surface area contributed by atoms with Gasteiger partial charge in [-0.05, 0) is 34.1 Å². The molecule has 0 saturated heterocycles. The molecule has 0 heterocycles. The molecule has 0 saturated carbocycles. The van der Waals surface area contributed by atoms with Gasteiger partial charge in [0.15, 0.2) is 0 Å². The lowest BCUT2D eigenvalue weighted by atomic mass is 10.2. The van der Waals surface area contributed by atoms with E-state index in [2.05, 4.69) is 5.32 Å². The molecule has 0 spiro atoms. The molecule has 0 aromatic carbocycles. The summed E-state index contributed by atoms with van der Waals surface area (Å²) in [6.45, 7) is 7.19. The molecule has 0 rings (SSSR count). The zero-order chi connectivity index (χ0) is 13.5. The zero-order valence-electron chi connectivity index (χ0n) is 10.7. The monoisotopic (exact) mass is 265 g/mol. The first kappa shape index (κ1) is 16.0. The van der Waals surface area contributed by atoms with Crippen molar-refractivity contribution < 1.29 is 19.1 Å². The maximum Gasteiger partial charge on any atom is 0.408 e. The van der Waals surface area contributed by atoms with Crippen LogP contribution in [0.2, 0.25) is 0 Å². The molecule has 0 aliphatic carbocycles. The minimum absolute atomic E-state index is 0.249. The van der Waals surface area contributed by atoms with Crippen molar-refractivity contribution in [1.29, 1.82) is 0 Å². The fourth-order valence-electron chi connectivity index (χ4n) is 1.05. The molecule has 0 aromatic rings. The Morgan fingerprint density at radius 2 is 1.94 bits per heavy atom. The highest BCUT2D eigenvalue weighted by molar-refractivity contribution is 6.18. The molecule has 17 heavy (non-hydrogen) atoms. The average molecular weight is 266 g/mol. The topological polar surface area (TPSA) is 64.6 Å². The van der Waals surface area contributed by atoms with Crippen LogP contribution in [0.15, 0.2) is 0 Å². The average Bonchev–Trinajstić information content (AvgIpc) is 2.14. The van der Waals surface area contributed by atoms with Gasteiger partial charge in [0.25, 0.3) is 0 Å². The van der Waals surface area contributed by atoms with Gasteiger partial charge in [0.1, 0.15) is 11.6 Å². The van der Waals surface area contributed by atoms with Crippen LogP contribution in [-0.4, -0.2) is 36.2 Å². The Morgan fingerprint density at radius 1 is 1.35 bits per heavy atom. The molecule has 0 aliphatic heterocycles. The predicted octanol–water partition coefficient (Wildman–Crippen LogP) is 2.07. The number of hydrogen-bond donors (Lipinski definition) is 1. The molecule has 0 unspecified atom stereocenters. The van der Waals surface area contributed by atoms with Gasteiger partial charge < -0.3 is 14.8 Å². The van der Waals surface area contributed by atoms with E-state index in [1.54, 1.807) is 27.7 Å². The van der Waals surface area contributed by atoms with Crippen molar-refractivity contribution in [1.82, 2.24) is 5.32 Å². The Morgan fingerprint density at radius 3 is 2.35 bits per heavy atom. The van der Waals surface area contributed by atoms with Crippen LogP contribution in [-0.2, 0) is 14.3 Å². The summed E-state index contributed by atoms with van der Waals surface area (Å²) in [6.07, 6.45) is -0.347. The predicted molar refractivity (Wildman–Crippen MR) is 65.1 cm³/mol. The molecule has 0 fully saturated rings. The molecule has 1 atom stereocenters. The molecule has 0 bridgehead atoms. The minimum atomic E-state index is -0.762. The second kappa shape index (κ2) is 7.37. The van der Waals surface area contributed by atoms with E-state index in [0.29, 0.717) is 6.42 Å². The van der Waals surface area contributed by atoms with E-state index in [-0.39, 0.29) is 12.5 Å². The maximum atomic E-state index is 11.5. The zero-order valence-corrected chi connectivity index (χ0v) is 11.5. The number of alkyl halides is 1. The second-order valence-electron chi connectivity index (χ2n) is 4.43. The van der Waals surface area contributed by atoms with Crippen LogP contribution in [0.5, 0.6) is 0 Å². The summed E-state index contributed by atoms with van der Waals surface area (Å²) in [5.41, 5.74) is -0.607. The van der Waals surface area contributed by atoms with E-state index in [4.69, 9.17) is 21.1 Å². The van der Waals surface area contributed by atoms with Crippen molar-refractivity contribution in [3.05, 3.63) is 0 Å². The van der Waals surface area contributed by atoms with E-state index in [0.717, 1.165) is 0 Å². The summed E-state index contributed by atoms with van der Waals surface area (Å²) in [5, 5.41) is 2.44. The lowest BCUT2D eigenvalue weighted by molar-refractivity contribution is -0.145. The van der Waals surface area contributed by atoms with Crippen LogP contribution in [0.4, 0.5) is 4.79 Å². The van der Waals surface area contributed by atoms with Crippen LogP contribution < -0.4 is 5.32 Å². The summed E-state index contributed by atoms with van der Waals surface area (Å²) in [6, 6.07) is -0.762. The molecule has 100 valence electrons. The molecule has 0 aromatic heterocycles. The molecule has 0 radical (unpaired) electrons. The van der Waals surface area contributed by atoms with Gasteiger partial charge in [-0.1, -0.05) is 0 Å². The molecule has 1 N–H and O–H groups in total. The Balaban J connectivity index is 4.34. The number of nitrogens with one attached hydrogen (secondary N) is 1. The summed E-state index contributed by atoms with van der Waals surface area (Å²) >= 11 is 5.56. The van der Waals surface area contributed by atoms with Gasteiger partial charge in [-0.15, -0.1) is 11.6 Å². The lowest BCUT2D eigenvalue weighted by Crippen LogP contribution is -2.44. The second-order valence-corrected chi connectivity index (χ2v) is 4.81. The van der Waals surface area contributed by atoms with Crippen LogP contribution in [0.3, 0.4) is 0 Å². The van der Waals surface area contributed by atoms with E-state index in [1.807, 2.05) is 0 Å². The standard InChI is InChI=1S/C11H20ClNO4/c1-5-16-9(14)8(6-7-12)13-10(15)17-11(2,3)4/h8H,5-7H2,1-4H3,(H,13,15)/t8-/m0/s1. The normalized spacial score (nSPS) is 12.8. The third kappa shape index (κ3) is 7.85. The molecule has 0 aliphatic rings.